The van der Waals surface area contributed by atoms with Gasteiger partial charge in [0.15, 0.2) is 0 Å². The van der Waals surface area contributed by atoms with Crippen molar-refractivity contribution < 1.29 is 9.59 Å². The number of carbonyl (C=O) groups is 2. The quantitative estimate of drug-likeness (QED) is 0.118. The molecule has 0 bridgehead atoms. The van der Waals surface area contributed by atoms with Crippen LogP contribution in [0.3, 0.4) is 0 Å². The van der Waals surface area contributed by atoms with Gasteiger partial charge in [0.2, 0.25) is 11.8 Å². The summed E-state index contributed by atoms with van der Waals surface area (Å²) in [5, 5.41) is 6.22. The minimum Gasteiger partial charge on any atom is -0.387 e. The van der Waals surface area contributed by atoms with Crippen LogP contribution in [0, 0.1) is 6.92 Å². The molecule has 0 fully saturated rings. The van der Waals surface area contributed by atoms with Gasteiger partial charge in [0.05, 0.1) is 0 Å². The van der Waals surface area contributed by atoms with E-state index in [0.717, 1.165) is 38.0 Å². The van der Waals surface area contributed by atoms with Crippen LogP contribution in [0.4, 0.5) is 5.69 Å². The van der Waals surface area contributed by atoms with Gasteiger partial charge in [0, 0.05) is 32.1 Å². The Morgan fingerprint density at radius 1 is 0.955 bits per heavy atom. The number of nitrogens with zero attached hydrogens (tertiary/aromatic N) is 1. The zero-order valence-corrected chi connectivity index (χ0v) is 28.5. The van der Waals surface area contributed by atoms with E-state index >= 15 is 0 Å². The van der Waals surface area contributed by atoms with Crippen LogP contribution in [0.25, 0.3) is 0 Å². The second-order valence-corrected chi connectivity index (χ2v) is 11.3. The first-order chi connectivity index (χ1) is 21.1. The Bertz CT molecular complexity index is 1120. The van der Waals surface area contributed by atoms with E-state index in [9.17, 15) is 9.59 Å². The van der Waals surface area contributed by atoms with Crippen LogP contribution in [-0.4, -0.2) is 37.4 Å². The monoisotopic (exact) mass is 604 g/mol. The lowest BCUT2D eigenvalue weighted by Gasteiger charge is -2.12. The number of allylic oxidation sites excluding steroid dienone is 3. The summed E-state index contributed by atoms with van der Waals surface area (Å²) in [5.41, 5.74) is 10.7. The molecule has 0 aromatic heterocycles. The molecular weight excluding hydrogens is 544 g/mol. The number of aryl methyl sites for hydroxylation is 2. The number of benzene rings is 2. The van der Waals surface area contributed by atoms with Crippen molar-refractivity contribution >= 4 is 17.5 Å². The molecule has 0 atom stereocenters. The first-order valence-electron chi connectivity index (χ1n) is 16.1. The molecule has 0 aliphatic heterocycles. The molecule has 4 N–H and O–H groups in total. The molecular formula is C38H60N4O2. The number of anilines is 1. The normalized spacial score (nSPS) is 10.8. The highest BCUT2D eigenvalue weighted by Crippen LogP contribution is 2.15. The summed E-state index contributed by atoms with van der Waals surface area (Å²) in [5.74, 6) is -0.291. The number of primary amides is 1. The Kier molecular flexibility index (Phi) is 24.7. The van der Waals surface area contributed by atoms with Crippen molar-refractivity contribution in [3.63, 3.8) is 0 Å². The zero-order valence-electron chi connectivity index (χ0n) is 28.5. The first kappa shape index (κ1) is 40.4. The van der Waals surface area contributed by atoms with Crippen molar-refractivity contribution in [2.24, 2.45) is 5.73 Å². The van der Waals surface area contributed by atoms with Crippen LogP contribution < -0.4 is 16.4 Å². The highest BCUT2D eigenvalue weighted by molar-refractivity contribution is 5.90. The number of unbranched alkanes of at least 4 members (excludes halogenated alkanes) is 4. The van der Waals surface area contributed by atoms with E-state index in [1.54, 1.807) is 0 Å². The Labute approximate surface area is 268 Å². The Balaban J connectivity index is 0.000000854. The van der Waals surface area contributed by atoms with Crippen LogP contribution in [0.1, 0.15) is 95.2 Å². The molecule has 2 aromatic carbocycles. The van der Waals surface area contributed by atoms with Gasteiger partial charge in [-0.3, -0.25) is 9.59 Å². The Hall–Kier alpha value is -3.64. The summed E-state index contributed by atoms with van der Waals surface area (Å²) in [6, 6.07) is 16.8. The van der Waals surface area contributed by atoms with Gasteiger partial charge in [-0.25, -0.2) is 0 Å². The predicted octanol–water partition coefficient (Wildman–Crippen LogP) is 8.48. The van der Waals surface area contributed by atoms with Crippen LogP contribution in [0.2, 0.25) is 0 Å². The second kappa shape index (κ2) is 26.9. The lowest BCUT2D eigenvalue weighted by Crippen LogP contribution is -2.14. The number of nitrogens with two attached hydrogens (primary N) is 1. The lowest BCUT2D eigenvalue weighted by molar-refractivity contribution is -0.116. The lowest BCUT2D eigenvalue weighted by atomic mass is 10.0. The van der Waals surface area contributed by atoms with Crippen molar-refractivity contribution in [1.29, 1.82) is 0 Å². The molecule has 0 spiro atoms. The number of amides is 2. The van der Waals surface area contributed by atoms with Crippen LogP contribution in [-0.2, 0) is 22.6 Å². The van der Waals surface area contributed by atoms with Gasteiger partial charge >= 0.3 is 0 Å². The number of nitrogens with one attached hydrogen (secondary N) is 2. The van der Waals surface area contributed by atoms with Gasteiger partial charge < -0.3 is 21.3 Å². The van der Waals surface area contributed by atoms with Gasteiger partial charge in [-0.15, -0.1) is 6.58 Å². The second-order valence-electron chi connectivity index (χ2n) is 11.3. The molecule has 0 saturated carbocycles. The van der Waals surface area contributed by atoms with Crippen molar-refractivity contribution in [1.82, 2.24) is 10.2 Å². The molecule has 0 radical (unpaired) electrons. The van der Waals surface area contributed by atoms with Crippen LogP contribution in [0.5, 0.6) is 0 Å². The first-order valence-corrected chi connectivity index (χ1v) is 16.1. The molecule has 0 aliphatic rings. The smallest absolute Gasteiger partial charge is 0.224 e. The number of hydrogen-bond donors (Lipinski definition) is 3. The van der Waals surface area contributed by atoms with E-state index in [1.165, 1.54) is 67.7 Å². The third-order valence-corrected chi connectivity index (χ3v) is 6.54. The highest BCUT2D eigenvalue weighted by Gasteiger charge is 2.06. The fourth-order valence-corrected chi connectivity index (χ4v) is 4.34. The molecule has 44 heavy (non-hydrogen) atoms. The average Bonchev–Trinajstić information content (AvgIpc) is 2.96. The molecule has 6 heteroatoms. The summed E-state index contributed by atoms with van der Waals surface area (Å²) in [6.45, 7) is 13.2. The third-order valence-electron chi connectivity index (χ3n) is 6.54. The van der Waals surface area contributed by atoms with Crippen molar-refractivity contribution in [3.05, 3.63) is 102 Å². The maximum atomic E-state index is 12.3. The van der Waals surface area contributed by atoms with E-state index in [-0.39, 0.29) is 11.8 Å². The summed E-state index contributed by atoms with van der Waals surface area (Å²) < 4.78 is 0. The summed E-state index contributed by atoms with van der Waals surface area (Å²) in [4.78, 5) is 23.6. The summed E-state index contributed by atoms with van der Waals surface area (Å²) in [6.07, 6.45) is 19.4. The van der Waals surface area contributed by atoms with Crippen LogP contribution in [0.15, 0.2) is 85.1 Å². The molecule has 0 aliphatic carbocycles. The minimum atomic E-state index is -0.333. The SMILES string of the molecule is C=CCN/C=C(\C/C=C\CC)CCC(=O)Nc1cccc(CN(C)C)c1.CC(N)=O.CCCCCCCc1ccccc1C. The molecule has 2 rings (SSSR count). The number of rotatable bonds is 18. The predicted molar refractivity (Wildman–Crippen MR) is 191 cm³/mol. The third kappa shape index (κ3) is 23.9. The molecule has 0 heterocycles. The number of hydrogen-bond acceptors (Lipinski definition) is 4. The van der Waals surface area contributed by atoms with Gasteiger partial charge in [0.25, 0.3) is 0 Å². The molecule has 2 aromatic rings. The van der Waals surface area contributed by atoms with Crippen molar-refractivity contribution in [2.75, 3.05) is 26.0 Å². The van der Waals surface area contributed by atoms with Gasteiger partial charge in [-0.2, -0.15) is 0 Å². The fourth-order valence-electron chi connectivity index (χ4n) is 4.34. The van der Waals surface area contributed by atoms with E-state index in [4.69, 9.17) is 0 Å². The number of carbonyl (C=O) groups excluding carboxylic acids is 2. The molecule has 2 amide bonds. The average molecular weight is 605 g/mol. The standard InChI is InChI=1S/C22H33N3O.C14H22.C2H5NO/c1-5-7-8-10-19(17-23-15-6-2)13-14-22(26)24-21-12-9-11-20(16-21)18-25(3)4;1-3-4-5-6-7-11-14-12-9-8-10-13(14)2;1-2(3)4/h6-9,11-12,16-17,23H,2,5,10,13-15,18H2,1,3-4H3,(H,24,26);8-10,12H,3-7,11H2,1-2H3;1H3,(H2,3,4)/b8-7-,19-17+;;. The zero-order chi connectivity index (χ0) is 33.0. The topological polar surface area (TPSA) is 87.5 Å². The highest BCUT2D eigenvalue weighted by atomic mass is 16.1. The minimum absolute atomic E-state index is 0.0427. The Morgan fingerprint density at radius 2 is 1.66 bits per heavy atom. The van der Waals surface area contributed by atoms with E-state index in [1.807, 2.05) is 44.6 Å². The van der Waals surface area contributed by atoms with E-state index in [0.29, 0.717) is 6.42 Å². The summed E-state index contributed by atoms with van der Waals surface area (Å²) in [7, 11) is 4.07. The molecule has 6 nitrogen and oxygen atoms in total. The molecule has 0 unspecified atom stereocenters. The van der Waals surface area contributed by atoms with Gasteiger partial charge in [-0.05, 0) is 88.1 Å². The fraction of sp³-hybridized carbons (Fsp3) is 0.474. The van der Waals surface area contributed by atoms with Gasteiger partial charge in [0.1, 0.15) is 0 Å². The largest absolute Gasteiger partial charge is 0.387 e. The Morgan fingerprint density at radius 3 is 2.30 bits per heavy atom. The maximum absolute atomic E-state index is 12.3. The maximum Gasteiger partial charge on any atom is 0.224 e. The molecule has 0 saturated heterocycles. The van der Waals surface area contributed by atoms with Crippen molar-refractivity contribution in [3.8, 4) is 0 Å². The van der Waals surface area contributed by atoms with E-state index < -0.39 is 0 Å². The van der Waals surface area contributed by atoms with Crippen molar-refractivity contribution in [2.45, 2.75) is 98.4 Å². The van der Waals surface area contributed by atoms with E-state index in [2.05, 4.69) is 91.1 Å². The summed E-state index contributed by atoms with van der Waals surface area (Å²) >= 11 is 0. The van der Waals surface area contributed by atoms with Crippen LogP contribution >= 0.6 is 0 Å². The molecule has 244 valence electrons. The van der Waals surface area contributed by atoms with Gasteiger partial charge in [-0.1, -0.05) is 99.7 Å².